The van der Waals surface area contributed by atoms with E-state index >= 15 is 0 Å². The van der Waals surface area contributed by atoms with E-state index in [1.807, 2.05) is 6.92 Å². The number of hydrogen-bond donors (Lipinski definition) is 1. The van der Waals surface area contributed by atoms with Crippen molar-refractivity contribution in [3.63, 3.8) is 0 Å². The third-order valence-electron chi connectivity index (χ3n) is 2.80. The molecule has 0 fully saturated rings. The van der Waals surface area contributed by atoms with Crippen molar-refractivity contribution in [1.29, 1.82) is 0 Å². The zero-order valence-electron chi connectivity index (χ0n) is 10.7. The molecule has 0 spiro atoms. The molecule has 2 N–H and O–H groups in total. The van der Waals surface area contributed by atoms with E-state index in [-0.39, 0.29) is 17.8 Å². The number of halogens is 1. The van der Waals surface area contributed by atoms with Crippen LogP contribution in [0.5, 0.6) is 0 Å². The van der Waals surface area contributed by atoms with Crippen LogP contribution in [0.15, 0.2) is 24.3 Å². The number of nitrogens with zero attached hydrogens (tertiary/aromatic N) is 1. The second-order valence-corrected chi connectivity index (χ2v) is 4.87. The molecule has 0 aromatic heterocycles. The Kier molecular flexibility index (Phi) is 3.88. The van der Waals surface area contributed by atoms with Crippen molar-refractivity contribution in [3.8, 4) is 0 Å². The second-order valence-electron chi connectivity index (χ2n) is 4.87. The molecule has 0 heterocycles. The third-order valence-corrected chi connectivity index (χ3v) is 2.80. The first-order chi connectivity index (χ1) is 7.73. The largest absolute Gasteiger partial charge is 0.337 e. The van der Waals surface area contributed by atoms with Crippen LogP contribution in [0, 0.1) is 5.82 Å². The van der Waals surface area contributed by atoms with Gasteiger partial charge in [0.2, 0.25) is 5.91 Å². The van der Waals surface area contributed by atoms with Crippen LogP contribution in [-0.4, -0.2) is 23.4 Å². The van der Waals surface area contributed by atoms with Gasteiger partial charge in [-0.3, -0.25) is 4.79 Å². The monoisotopic (exact) mass is 238 g/mol. The van der Waals surface area contributed by atoms with E-state index in [1.165, 1.54) is 12.1 Å². The number of benzene rings is 1. The molecule has 1 rings (SSSR count). The maximum Gasteiger partial charge on any atom is 0.242 e. The fourth-order valence-corrected chi connectivity index (χ4v) is 1.60. The van der Waals surface area contributed by atoms with E-state index in [1.54, 1.807) is 37.9 Å². The summed E-state index contributed by atoms with van der Waals surface area (Å²) in [6, 6.07) is 5.99. The molecule has 4 heteroatoms. The quantitative estimate of drug-likeness (QED) is 0.876. The summed E-state index contributed by atoms with van der Waals surface area (Å²) in [6.07, 6.45) is 0. The molecule has 1 atom stereocenters. The Labute approximate surface area is 101 Å². The van der Waals surface area contributed by atoms with Gasteiger partial charge in [0, 0.05) is 7.05 Å². The summed E-state index contributed by atoms with van der Waals surface area (Å²) in [7, 11) is 1.70. The molecular formula is C13H19FN2O. The molecule has 1 aromatic carbocycles. The highest BCUT2D eigenvalue weighted by Crippen LogP contribution is 2.21. The summed E-state index contributed by atoms with van der Waals surface area (Å²) in [4.78, 5) is 13.5. The van der Waals surface area contributed by atoms with Crippen molar-refractivity contribution in [2.75, 3.05) is 7.05 Å². The van der Waals surface area contributed by atoms with Gasteiger partial charge in [-0.15, -0.1) is 0 Å². The zero-order valence-corrected chi connectivity index (χ0v) is 10.7. The molecule has 0 saturated heterocycles. The van der Waals surface area contributed by atoms with Crippen molar-refractivity contribution < 1.29 is 9.18 Å². The highest BCUT2D eigenvalue weighted by Gasteiger charge is 2.28. The molecule has 0 aliphatic heterocycles. The summed E-state index contributed by atoms with van der Waals surface area (Å²) in [5.41, 5.74) is 5.75. The van der Waals surface area contributed by atoms with Gasteiger partial charge in [0.05, 0.1) is 11.6 Å². The molecule has 1 unspecified atom stereocenters. The number of nitrogens with two attached hydrogens (primary N) is 1. The van der Waals surface area contributed by atoms with Crippen LogP contribution < -0.4 is 5.73 Å². The summed E-state index contributed by atoms with van der Waals surface area (Å²) >= 11 is 0. The highest BCUT2D eigenvalue weighted by atomic mass is 19.1. The molecule has 0 radical (unpaired) electrons. The van der Waals surface area contributed by atoms with Crippen molar-refractivity contribution >= 4 is 5.91 Å². The number of likely N-dealkylation sites (N-methyl/N-ethyl adjacent to an activating group) is 1. The van der Waals surface area contributed by atoms with Crippen LogP contribution in [0.2, 0.25) is 0 Å². The Morgan fingerprint density at radius 1 is 1.35 bits per heavy atom. The first-order valence-corrected chi connectivity index (χ1v) is 5.55. The number of carbonyl (C=O) groups is 1. The lowest BCUT2D eigenvalue weighted by Crippen LogP contribution is -2.50. The lowest BCUT2D eigenvalue weighted by atomic mass is 10.0. The van der Waals surface area contributed by atoms with Gasteiger partial charge < -0.3 is 10.6 Å². The standard InChI is InChI=1S/C13H19FN2O/c1-9(10-5-7-11(14)8-6-10)16(4)12(17)13(2,3)15/h5-9H,15H2,1-4H3. The Morgan fingerprint density at radius 3 is 2.24 bits per heavy atom. The summed E-state index contributed by atoms with van der Waals surface area (Å²) in [5, 5.41) is 0. The van der Waals surface area contributed by atoms with E-state index in [0.717, 1.165) is 5.56 Å². The zero-order chi connectivity index (χ0) is 13.2. The Hall–Kier alpha value is -1.42. The molecule has 3 nitrogen and oxygen atoms in total. The number of hydrogen-bond acceptors (Lipinski definition) is 2. The SMILES string of the molecule is CC(c1ccc(F)cc1)N(C)C(=O)C(C)(C)N. The number of rotatable bonds is 3. The van der Waals surface area contributed by atoms with Gasteiger partial charge in [-0.2, -0.15) is 0 Å². The molecule has 1 aromatic rings. The van der Waals surface area contributed by atoms with Crippen LogP contribution in [0.25, 0.3) is 0 Å². The van der Waals surface area contributed by atoms with E-state index in [0.29, 0.717) is 0 Å². The topological polar surface area (TPSA) is 46.3 Å². The van der Waals surface area contributed by atoms with E-state index in [2.05, 4.69) is 0 Å². The molecule has 0 bridgehead atoms. The number of carbonyl (C=O) groups excluding carboxylic acids is 1. The third kappa shape index (κ3) is 3.27. The van der Waals surface area contributed by atoms with Crippen molar-refractivity contribution in [2.24, 2.45) is 5.73 Å². The predicted octanol–water partition coefficient (Wildman–Crippen LogP) is 2.08. The van der Waals surface area contributed by atoms with Crippen molar-refractivity contribution in [3.05, 3.63) is 35.6 Å². The molecule has 94 valence electrons. The van der Waals surface area contributed by atoms with Crippen molar-refractivity contribution in [1.82, 2.24) is 4.90 Å². The van der Waals surface area contributed by atoms with Gasteiger partial charge in [0.15, 0.2) is 0 Å². The highest BCUT2D eigenvalue weighted by molar-refractivity contribution is 5.85. The smallest absolute Gasteiger partial charge is 0.242 e. The van der Waals surface area contributed by atoms with Gasteiger partial charge in [-0.1, -0.05) is 12.1 Å². The first kappa shape index (κ1) is 13.6. The average molecular weight is 238 g/mol. The number of amides is 1. The summed E-state index contributed by atoms with van der Waals surface area (Å²) < 4.78 is 12.8. The van der Waals surface area contributed by atoms with Crippen molar-refractivity contribution in [2.45, 2.75) is 32.4 Å². The maximum atomic E-state index is 12.8. The second kappa shape index (κ2) is 4.84. The predicted molar refractivity (Wildman–Crippen MR) is 65.9 cm³/mol. The normalized spacial score (nSPS) is 13.3. The van der Waals surface area contributed by atoms with Crippen LogP contribution in [0.4, 0.5) is 4.39 Å². The lowest BCUT2D eigenvalue weighted by molar-refractivity contribution is -0.136. The molecule has 1 amide bonds. The van der Waals surface area contributed by atoms with E-state index in [4.69, 9.17) is 5.73 Å². The Balaban J connectivity index is 2.87. The lowest BCUT2D eigenvalue weighted by Gasteiger charge is -2.31. The van der Waals surface area contributed by atoms with Gasteiger partial charge in [-0.05, 0) is 38.5 Å². The van der Waals surface area contributed by atoms with Gasteiger partial charge in [-0.25, -0.2) is 4.39 Å². The van der Waals surface area contributed by atoms with Crippen LogP contribution in [-0.2, 0) is 4.79 Å². The molecule has 17 heavy (non-hydrogen) atoms. The molecule has 0 aliphatic rings. The minimum Gasteiger partial charge on any atom is -0.337 e. The molecule has 0 saturated carbocycles. The van der Waals surface area contributed by atoms with Crippen LogP contribution in [0.1, 0.15) is 32.4 Å². The van der Waals surface area contributed by atoms with Crippen LogP contribution in [0.3, 0.4) is 0 Å². The molecule has 0 aliphatic carbocycles. The van der Waals surface area contributed by atoms with Gasteiger partial charge in [0.1, 0.15) is 5.82 Å². The molecular weight excluding hydrogens is 219 g/mol. The summed E-state index contributed by atoms with van der Waals surface area (Å²) in [5.74, 6) is -0.427. The fourth-order valence-electron chi connectivity index (χ4n) is 1.60. The maximum absolute atomic E-state index is 12.8. The first-order valence-electron chi connectivity index (χ1n) is 5.55. The average Bonchev–Trinajstić information content (AvgIpc) is 2.26. The van der Waals surface area contributed by atoms with Gasteiger partial charge in [0.25, 0.3) is 0 Å². The minimum absolute atomic E-state index is 0.133. The minimum atomic E-state index is -0.900. The Morgan fingerprint density at radius 2 is 1.82 bits per heavy atom. The van der Waals surface area contributed by atoms with Crippen LogP contribution >= 0.6 is 0 Å². The van der Waals surface area contributed by atoms with E-state index in [9.17, 15) is 9.18 Å². The Bertz CT molecular complexity index is 395. The summed E-state index contributed by atoms with van der Waals surface area (Å²) in [6.45, 7) is 5.23. The van der Waals surface area contributed by atoms with Gasteiger partial charge >= 0.3 is 0 Å². The fraction of sp³-hybridized carbons (Fsp3) is 0.462. The van der Waals surface area contributed by atoms with E-state index < -0.39 is 5.54 Å².